The lowest BCUT2D eigenvalue weighted by atomic mass is 9.86. The summed E-state index contributed by atoms with van der Waals surface area (Å²) in [6.07, 6.45) is 0.690. The number of carboxylic acid groups (broad SMARTS) is 1. The predicted octanol–water partition coefficient (Wildman–Crippen LogP) is -0.0720. The molecule has 1 saturated heterocycles. The number of carbonyl (C=O) groups excluding carboxylic acids is 2. The Morgan fingerprint density at radius 2 is 2.24 bits per heavy atom. The number of thiazole rings is 1. The maximum atomic E-state index is 12.3. The quantitative estimate of drug-likeness (QED) is 0.244. The number of aliphatic carboxylic acids is 1. The average Bonchev–Trinajstić information content (AvgIpc) is 2.98. The Hall–Kier alpha value is -2.66. The Labute approximate surface area is 149 Å². The molecule has 5 N–H and O–H groups in total. The van der Waals surface area contributed by atoms with Crippen molar-refractivity contribution in [3.63, 3.8) is 0 Å². The number of nitrogens with zero attached hydrogens (tertiary/aromatic N) is 3. The van der Waals surface area contributed by atoms with Gasteiger partial charge in [0.15, 0.2) is 10.8 Å². The van der Waals surface area contributed by atoms with Crippen LogP contribution in [-0.2, 0) is 14.4 Å². The molecule has 0 radical (unpaired) electrons. The number of fused-ring (bicyclic) bond motifs is 1. The SMILES string of the molecule is Nc1nc(C(=NO)C(=O)N[C@@H]2C(=O)N3C(C(=O)O)=C(Cl)CC[C@H]23)cs1. The van der Waals surface area contributed by atoms with Crippen molar-refractivity contribution in [1.82, 2.24) is 15.2 Å². The van der Waals surface area contributed by atoms with Crippen LogP contribution in [0.3, 0.4) is 0 Å². The van der Waals surface area contributed by atoms with Crippen LogP contribution in [0.1, 0.15) is 18.5 Å². The molecule has 3 rings (SSSR count). The molecule has 0 spiro atoms. The van der Waals surface area contributed by atoms with Crippen LogP contribution in [-0.4, -0.2) is 55.8 Å². The number of amides is 2. The molecule has 1 fully saturated rings. The lowest BCUT2D eigenvalue weighted by Crippen LogP contribution is -2.72. The van der Waals surface area contributed by atoms with Gasteiger partial charge in [-0.25, -0.2) is 9.78 Å². The lowest BCUT2D eigenvalue weighted by molar-refractivity contribution is -0.155. The van der Waals surface area contributed by atoms with Gasteiger partial charge in [-0.3, -0.25) is 14.5 Å². The fourth-order valence-electron chi connectivity index (χ4n) is 2.84. The van der Waals surface area contributed by atoms with Crippen molar-refractivity contribution in [1.29, 1.82) is 0 Å². The van der Waals surface area contributed by atoms with Crippen LogP contribution >= 0.6 is 22.9 Å². The van der Waals surface area contributed by atoms with Crippen LogP contribution in [0.5, 0.6) is 0 Å². The number of aromatic nitrogens is 1. The highest BCUT2D eigenvalue weighted by Crippen LogP contribution is 2.38. The van der Waals surface area contributed by atoms with Gasteiger partial charge in [0, 0.05) is 10.4 Å². The molecule has 1 aromatic rings. The van der Waals surface area contributed by atoms with Gasteiger partial charge in [0.25, 0.3) is 11.8 Å². The highest BCUT2D eigenvalue weighted by Gasteiger charge is 2.53. The molecule has 2 aliphatic rings. The van der Waals surface area contributed by atoms with Crippen molar-refractivity contribution in [2.45, 2.75) is 24.9 Å². The van der Waals surface area contributed by atoms with Crippen LogP contribution in [0, 0.1) is 0 Å². The minimum absolute atomic E-state index is 0.0731. The van der Waals surface area contributed by atoms with Crippen LogP contribution in [0.2, 0.25) is 0 Å². The summed E-state index contributed by atoms with van der Waals surface area (Å²) >= 11 is 6.95. The summed E-state index contributed by atoms with van der Waals surface area (Å²) in [5.74, 6) is -2.71. The van der Waals surface area contributed by atoms with E-state index in [-0.39, 0.29) is 33.7 Å². The number of hydrogen-bond acceptors (Lipinski definition) is 8. The van der Waals surface area contributed by atoms with Gasteiger partial charge in [0.05, 0.1) is 6.04 Å². The first-order valence-corrected chi connectivity index (χ1v) is 8.30. The smallest absolute Gasteiger partial charge is 0.353 e. The topological polar surface area (TPSA) is 158 Å². The number of carbonyl (C=O) groups is 3. The van der Waals surface area contributed by atoms with Crippen molar-refractivity contribution in [3.05, 3.63) is 21.8 Å². The first-order valence-electron chi connectivity index (χ1n) is 7.04. The number of rotatable bonds is 4. The van der Waals surface area contributed by atoms with E-state index in [0.717, 1.165) is 16.2 Å². The van der Waals surface area contributed by atoms with Crippen LogP contribution in [0.25, 0.3) is 0 Å². The number of hydrogen-bond donors (Lipinski definition) is 4. The fraction of sp³-hybridized carbons (Fsp3) is 0.308. The number of anilines is 1. The second-order valence-corrected chi connectivity index (χ2v) is 6.69. The van der Waals surface area contributed by atoms with Crippen LogP contribution < -0.4 is 11.1 Å². The third kappa shape index (κ3) is 2.81. The van der Waals surface area contributed by atoms with Gasteiger partial charge >= 0.3 is 5.97 Å². The summed E-state index contributed by atoms with van der Waals surface area (Å²) in [5.41, 5.74) is 4.90. The van der Waals surface area contributed by atoms with Gasteiger partial charge in [0.2, 0.25) is 0 Å². The molecule has 25 heavy (non-hydrogen) atoms. The van der Waals surface area contributed by atoms with Gasteiger partial charge in [-0.05, 0) is 12.8 Å². The molecule has 0 bridgehead atoms. The van der Waals surface area contributed by atoms with Crippen molar-refractivity contribution in [2.75, 3.05) is 5.73 Å². The number of carboxylic acids is 1. The van der Waals surface area contributed by atoms with E-state index < -0.39 is 29.9 Å². The van der Waals surface area contributed by atoms with E-state index in [4.69, 9.17) is 22.5 Å². The second kappa shape index (κ2) is 6.33. The van der Waals surface area contributed by atoms with E-state index >= 15 is 0 Å². The Morgan fingerprint density at radius 1 is 1.52 bits per heavy atom. The molecule has 0 saturated carbocycles. The van der Waals surface area contributed by atoms with Gasteiger partial charge in [-0.1, -0.05) is 16.8 Å². The molecule has 2 atom stereocenters. The third-order valence-corrected chi connectivity index (χ3v) is 4.99. The van der Waals surface area contributed by atoms with Gasteiger partial charge < -0.3 is 21.4 Å². The molecule has 2 amide bonds. The van der Waals surface area contributed by atoms with Crippen molar-refractivity contribution >= 4 is 51.6 Å². The number of nitrogens with two attached hydrogens (primary N) is 1. The van der Waals surface area contributed by atoms with E-state index in [2.05, 4.69) is 15.5 Å². The van der Waals surface area contributed by atoms with Crippen molar-refractivity contribution in [2.24, 2.45) is 5.16 Å². The first kappa shape index (κ1) is 17.2. The zero-order chi connectivity index (χ0) is 18.3. The van der Waals surface area contributed by atoms with Crippen molar-refractivity contribution in [3.8, 4) is 0 Å². The summed E-state index contributed by atoms with van der Waals surface area (Å²) in [6, 6.07) is -1.45. The Balaban J connectivity index is 1.76. The molecule has 3 heterocycles. The Morgan fingerprint density at radius 3 is 2.80 bits per heavy atom. The Bertz CT molecular complexity index is 835. The van der Waals surface area contributed by atoms with Gasteiger partial charge in [0.1, 0.15) is 17.4 Å². The molecular weight excluding hydrogens is 374 g/mol. The summed E-state index contributed by atoms with van der Waals surface area (Å²) in [6.45, 7) is 0. The summed E-state index contributed by atoms with van der Waals surface area (Å²) < 4.78 is 0. The van der Waals surface area contributed by atoms with Gasteiger partial charge in [-0.2, -0.15) is 0 Å². The van der Waals surface area contributed by atoms with Crippen molar-refractivity contribution < 1.29 is 24.7 Å². The number of oxime groups is 1. The number of halogens is 1. The molecule has 2 aliphatic heterocycles. The van der Waals surface area contributed by atoms with Crippen LogP contribution in [0.4, 0.5) is 5.13 Å². The first-order chi connectivity index (χ1) is 11.8. The summed E-state index contributed by atoms with van der Waals surface area (Å²) in [4.78, 5) is 40.7. The Kier molecular flexibility index (Phi) is 4.35. The third-order valence-electron chi connectivity index (χ3n) is 3.95. The highest BCUT2D eigenvalue weighted by molar-refractivity contribution is 7.13. The maximum absolute atomic E-state index is 12.3. The zero-order valence-electron chi connectivity index (χ0n) is 12.5. The molecule has 10 nitrogen and oxygen atoms in total. The lowest BCUT2D eigenvalue weighted by Gasteiger charge is -2.49. The minimum Gasteiger partial charge on any atom is -0.477 e. The number of allylic oxidation sites excluding steroid dienone is 1. The minimum atomic E-state index is -1.30. The molecular formula is C13H12ClN5O5S. The number of nitrogen functional groups attached to an aromatic ring is 1. The van der Waals surface area contributed by atoms with Crippen LogP contribution in [0.15, 0.2) is 21.3 Å². The second-order valence-electron chi connectivity index (χ2n) is 5.34. The molecule has 1 aromatic heterocycles. The predicted molar refractivity (Wildman–Crippen MR) is 87.2 cm³/mol. The van der Waals surface area contributed by atoms with E-state index in [1.807, 2.05) is 0 Å². The monoisotopic (exact) mass is 385 g/mol. The molecule has 0 aliphatic carbocycles. The van der Waals surface area contributed by atoms with E-state index in [9.17, 15) is 19.5 Å². The summed E-state index contributed by atoms with van der Waals surface area (Å²) in [5, 5.41) is 25.3. The standard InChI is InChI=1S/C13H12ClN5O5S/c14-4-1-2-6-8(11(21)19(6)9(4)12(22)23)17-10(20)7(18-24)5-3-25-13(15)16-5/h3,6,8,24H,1-2H2,(H2,15,16)(H,17,20)(H,22,23)/t6-,8+/m1/s1. The largest absolute Gasteiger partial charge is 0.477 e. The van der Waals surface area contributed by atoms with E-state index in [1.165, 1.54) is 5.38 Å². The number of nitrogens with one attached hydrogen (secondary N) is 1. The fourth-order valence-corrected chi connectivity index (χ4v) is 3.66. The van der Waals surface area contributed by atoms with E-state index in [1.54, 1.807) is 0 Å². The molecule has 0 aromatic carbocycles. The average molecular weight is 386 g/mol. The zero-order valence-corrected chi connectivity index (χ0v) is 14.0. The normalized spacial score (nSPS) is 23.2. The molecule has 12 heteroatoms. The van der Waals surface area contributed by atoms with E-state index in [0.29, 0.717) is 6.42 Å². The molecule has 132 valence electrons. The summed E-state index contributed by atoms with van der Waals surface area (Å²) in [7, 11) is 0. The number of β-lactam (4-membered cyclic amide) rings is 1. The maximum Gasteiger partial charge on any atom is 0.353 e. The van der Waals surface area contributed by atoms with Gasteiger partial charge in [-0.15, -0.1) is 11.3 Å². The molecule has 0 unspecified atom stereocenters. The highest BCUT2D eigenvalue weighted by atomic mass is 35.5.